The SMILES string of the molecule is c1ccc(-c2ccc(-c3cc(-c4ccc(-c5cc6ccccc6c6oc7ccccc7c56)cc4)nc(-c4ccccc4)n3)cc2)cc1. The molecule has 220 valence electrons. The van der Waals surface area contributed by atoms with Crippen LogP contribution in [0.5, 0.6) is 0 Å². The summed E-state index contributed by atoms with van der Waals surface area (Å²) in [7, 11) is 0. The molecule has 3 heteroatoms. The molecule has 0 saturated heterocycles. The maximum Gasteiger partial charge on any atom is 0.160 e. The van der Waals surface area contributed by atoms with E-state index in [0.717, 1.165) is 71.9 Å². The van der Waals surface area contributed by atoms with Crippen molar-refractivity contribution >= 4 is 32.7 Å². The van der Waals surface area contributed by atoms with Crippen LogP contribution in [0, 0.1) is 0 Å². The second-order valence-corrected chi connectivity index (χ2v) is 11.8. The fourth-order valence-corrected chi connectivity index (χ4v) is 6.53. The first-order valence-electron chi connectivity index (χ1n) is 15.8. The van der Waals surface area contributed by atoms with E-state index in [4.69, 9.17) is 14.4 Å². The molecule has 9 rings (SSSR count). The predicted octanol–water partition coefficient (Wildman–Crippen LogP) is 11.9. The van der Waals surface area contributed by atoms with Gasteiger partial charge in [-0.3, -0.25) is 0 Å². The van der Waals surface area contributed by atoms with Crippen LogP contribution < -0.4 is 0 Å². The number of rotatable bonds is 5. The van der Waals surface area contributed by atoms with Crippen molar-refractivity contribution in [2.45, 2.75) is 0 Å². The number of hydrogen-bond donors (Lipinski definition) is 0. The summed E-state index contributed by atoms with van der Waals surface area (Å²) in [6.45, 7) is 0. The Morgan fingerprint density at radius 1 is 0.383 bits per heavy atom. The van der Waals surface area contributed by atoms with Gasteiger partial charge in [0.05, 0.1) is 11.4 Å². The maximum absolute atomic E-state index is 6.45. The van der Waals surface area contributed by atoms with E-state index in [1.807, 2.05) is 36.4 Å². The van der Waals surface area contributed by atoms with Gasteiger partial charge < -0.3 is 4.42 Å². The first-order valence-corrected chi connectivity index (χ1v) is 15.8. The molecule has 0 atom stereocenters. The van der Waals surface area contributed by atoms with Crippen molar-refractivity contribution in [3.05, 3.63) is 170 Å². The second-order valence-electron chi connectivity index (χ2n) is 11.8. The van der Waals surface area contributed by atoms with E-state index in [-0.39, 0.29) is 0 Å². The number of para-hydroxylation sites is 1. The van der Waals surface area contributed by atoms with E-state index in [9.17, 15) is 0 Å². The first kappa shape index (κ1) is 27.0. The molecule has 0 fully saturated rings. The molecular formula is C44H28N2O. The number of furan rings is 1. The van der Waals surface area contributed by atoms with E-state index in [1.165, 1.54) is 11.1 Å². The minimum Gasteiger partial charge on any atom is -0.455 e. The summed E-state index contributed by atoms with van der Waals surface area (Å²) in [4.78, 5) is 10.1. The van der Waals surface area contributed by atoms with E-state index in [0.29, 0.717) is 5.82 Å². The molecular weight excluding hydrogens is 572 g/mol. The van der Waals surface area contributed by atoms with Crippen molar-refractivity contribution in [2.75, 3.05) is 0 Å². The highest BCUT2D eigenvalue weighted by atomic mass is 16.3. The summed E-state index contributed by atoms with van der Waals surface area (Å²) in [5.41, 5.74) is 11.3. The average Bonchev–Trinajstić information content (AvgIpc) is 3.55. The summed E-state index contributed by atoms with van der Waals surface area (Å²) >= 11 is 0. The lowest BCUT2D eigenvalue weighted by Crippen LogP contribution is -1.96. The highest BCUT2D eigenvalue weighted by molar-refractivity contribution is 6.21. The van der Waals surface area contributed by atoms with Gasteiger partial charge in [-0.05, 0) is 45.8 Å². The van der Waals surface area contributed by atoms with Crippen molar-refractivity contribution in [2.24, 2.45) is 0 Å². The molecule has 0 N–H and O–H groups in total. The minimum absolute atomic E-state index is 0.704. The molecule has 0 bridgehead atoms. The van der Waals surface area contributed by atoms with Gasteiger partial charge in [-0.15, -0.1) is 0 Å². The van der Waals surface area contributed by atoms with Crippen LogP contribution in [-0.2, 0) is 0 Å². The van der Waals surface area contributed by atoms with Gasteiger partial charge in [-0.25, -0.2) is 9.97 Å². The minimum atomic E-state index is 0.704. The van der Waals surface area contributed by atoms with Crippen molar-refractivity contribution in [3.8, 4) is 56.2 Å². The Morgan fingerprint density at radius 2 is 0.894 bits per heavy atom. The zero-order valence-corrected chi connectivity index (χ0v) is 25.5. The maximum atomic E-state index is 6.45. The van der Waals surface area contributed by atoms with Crippen LogP contribution in [0.25, 0.3) is 88.9 Å². The molecule has 9 aromatic rings. The van der Waals surface area contributed by atoms with Gasteiger partial charge in [-0.1, -0.05) is 152 Å². The van der Waals surface area contributed by atoms with Crippen molar-refractivity contribution in [1.82, 2.24) is 9.97 Å². The Kier molecular flexibility index (Phi) is 6.46. The summed E-state index contributed by atoms with van der Waals surface area (Å²) in [6, 6.07) is 59.1. The molecule has 0 amide bonds. The molecule has 2 aromatic heterocycles. The second kappa shape index (κ2) is 11.2. The van der Waals surface area contributed by atoms with Crippen molar-refractivity contribution in [1.29, 1.82) is 0 Å². The van der Waals surface area contributed by atoms with Crippen LogP contribution in [0.3, 0.4) is 0 Å². The van der Waals surface area contributed by atoms with Gasteiger partial charge in [-0.2, -0.15) is 0 Å². The standard InChI is InChI=1S/C44H28N2O/c1-3-11-29(12-4-1)30-19-23-32(24-20-30)39-28-40(46-44(45-39)34-13-5-2-6-14-34)33-25-21-31(22-26-33)38-27-35-15-7-8-16-36(35)43-42(38)37-17-9-10-18-41(37)47-43/h1-28H. The zero-order valence-electron chi connectivity index (χ0n) is 25.5. The monoisotopic (exact) mass is 600 g/mol. The Balaban J connectivity index is 1.16. The topological polar surface area (TPSA) is 38.9 Å². The average molecular weight is 601 g/mol. The molecule has 3 nitrogen and oxygen atoms in total. The molecule has 0 saturated carbocycles. The normalized spacial score (nSPS) is 11.4. The summed E-state index contributed by atoms with van der Waals surface area (Å²) in [6.07, 6.45) is 0. The Morgan fingerprint density at radius 3 is 1.57 bits per heavy atom. The third kappa shape index (κ3) is 4.86. The molecule has 0 aliphatic heterocycles. The fraction of sp³-hybridized carbons (Fsp3) is 0. The highest BCUT2D eigenvalue weighted by Crippen LogP contribution is 2.41. The van der Waals surface area contributed by atoms with E-state index < -0.39 is 0 Å². The molecule has 0 radical (unpaired) electrons. The van der Waals surface area contributed by atoms with Crippen LogP contribution in [0.15, 0.2) is 174 Å². The van der Waals surface area contributed by atoms with Gasteiger partial charge >= 0.3 is 0 Å². The van der Waals surface area contributed by atoms with Crippen LogP contribution in [0.2, 0.25) is 0 Å². The third-order valence-corrected chi connectivity index (χ3v) is 8.91. The van der Waals surface area contributed by atoms with Gasteiger partial charge in [0.2, 0.25) is 0 Å². The van der Waals surface area contributed by atoms with Crippen molar-refractivity contribution < 1.29 is 4.42 Å². The molecule has 47 heavy (non-hydrogen) atoms. The number of nitrogens with zero attached hydrogens (tertiary/aromatic N) is 2. The Hall–Kier alpha value is -6.32. The lowest BCUT2D eigenvalue weighted by atomic mass is 9.94. The lowest BCUT2D eigenvalue weighted by molar-refractivity contribution is 0.673. The number of fused-ring (bicyclic) bond motifs is 5. The number of benzene rings is 7. The van der Waals surface area contributed by atoms with Gasteiger partial charge in [0, 0.05) is 32.8 Å². The van der Waals surface area contributed by atoms with Crippen LogP contribution in [-0.4, -0.2) is 9.97 Å². The quantitative estimate of drug-likeness (QED) is 0.197. The molecule has 0 spiro atoms. The molecule has 0 aliphatic carbocycles. The van der Waals surface area contributed by atoms with Crippen LogP contribution >= 0.6 is 0 Å². The zero-order chi connectivity index (χ0) is 31.2. The Labute approximate surface area is 272 Å². The van der Waals surface area contributed by atoms with Gasteiger partial charge in [0.1, 0.15) is 11.2 Å². The van der Waals surface area contributed by atoms with Crippen molar-refractivity contribution in [3.63, 3.8) is 0 Å². The highest BCUT2D eigenvalue weighted by Gasteiger charge is 2.17. The van der Waals surface area contributed by atoms with Gasteiger partial charge in [0.15, 0.2) is 5.82 Å². The van der Waals surface area contributed by atoms with E-state index in [1.54, 1.807) is 0 Å². The smallest absolute Gasteiger partial charge is 0.160 e. The van der Waals surface area contributed by atoms with Crippen LogP contribution in [0.4, 0.5) is 0 Å². The molecule has 0 aliphatic rings. The molecule has 2 heterocycles. The van der Waals surface area contributed by atoms with E-state index >= 15 is 0 Å². The molecule has 7 aromatic carbocycles. The number of aromatic nitrogens is 2. The predicted molar refractivity (Wildman–Crippen MR) is 194 cm³/mol. The first-order chi connectivity index (χ1) is 23.3. The summed E-state index contributed by atoms with van der Waals surface area (Å²) < 4.78 is 6.45. The largest absolute Gasteiger partial charge is 0.455 e. The van der Waals surface area contributed by atoms with Gasteiger partial charge in [0.25, 0.3) is 0 Å². The van der Waals surface area contributed by atoms with E-state index in [2.05, 4.69) is 133 Å². The lowest BCUT2D eigenvalue weighted by Gasteiger charge is -2.11. The summed E-state index contributed by atoms with van der Waals surface area (Å²) in [5.74, 6) is 0.704. The fourth-order valence-electron chi connectivity index (χ4n) is 6.53. The summed E-state index contributed by atoms with van der Waals surface area (Å²) in [5, 5.41) is 4.54. The third-order valence-electron chi connectivity index (χ3n) is 8.91. The van der Waals surface area contributed by atoms with Crippen LogP contribution in [0.1, 0.15) is 0 Å². The Bertz CT molecular complexity index is 2530. The molecule has 0 unspecified atom stereocenters. The number of hydrogen-bond acceptors (Lipinski definition) is 3.